The second-order valence-electron chi connectivity index (χ2n) is 6.73. The topological polar surface area (TPSA) is 51.0 Å². The van der Waals surface area contributed by atoms with Crippen molar-refractivity contribution >= 4 is 56.6 Å². The molecule has 31 heavy (non-hydrogen) atoms. The Bertz CT molecular complexity index is 1170. The zero-order chi connectivity index (χ0) is 21.1. The Balaban J connectivity index is 0.00000272. The second kappa shape index (κ2) is 10.2. The van der Waals surface area contributed by atoms with Gasteiger partial charge in [0, 0.05) is 36.6 Å². The summed E-state index contributed by atoms with van der Waals surface area (Å²) in [4.78, 5) is 22.9. The van der Waals surface area contributed by atoms with Gasteiger partial charge in [0.25, 0.3) is 0 Å². The van der Waals surface area contributed by atoms with E-state index in [-0.39, 0.29) is 30.3 Å². The molecule has 4 rings (SSSR count). The number of hydrogen-bond donors (Lipinski definition) is 0. The summed E-state index contributed by atoms with van der Waals surface area (Å²) in [5.41, 5.74) is 0.873. The van der Waals surface area contributed by atoms with Gasteiger partial charge in [-0.2, -0.15) is 0 Å². The average molecular weight is 483 g/mol. The Morgan fingerprint density at radius 2 is 1.97 bits per heavy atom. The molecule has 162 valence electrons. The summed E-state index contributed by atoms with van der Waals surface area (Å²) in [5.74, 6) is -1.59. The number of aryl methyl sites for hydroxylation is 1. The number of benzene rings is 2. The van der Waals surface area contributed by atoms with Gasteiger partial charge in [0.05, 0.1) is 17.4 Å². The number of anilines is 1. The maximum absolute atomic E-state index is 14.1. The van der Waals surface area contributed by atoms with E-state index in [1.807, 2.05) is 10.8 Å². The third-order valence-corrected chi connectivity index (χ3v) is 5.84. The van der Waals surface area contributed by atoms with Crippen LogP contribution in [0.1, 0.15) is 12.0 Å². The number of hydrogen-bond acceptors (Lipinski definition) is 4. The lowest BCUT2D eigenvalue weighted by Crippen LogP contribution is -2.33. The highest BCUT2D eigenvalue weighted by molar-refractivity contribution is 7.22. The molecule has 0 aliphatic carbocycles. The molecule has 2 aromatic heterocycles. The van der Waals surface area contributed by atoms with E-state index < -0.39 is 11.6 Å². The summed E-state index contributed by atoms with van der Waals surface area (Å²) >= 11 is 7.02. The van der Waals surface area contributed by atoms with Gasteiger partial charge in [0.15, 0.2) is 10.9 Å². The van der Waals surface area contributed by atoms with E-state index in [1.54, 1.807) is 36.8 Å². The normalized spacial score (nSPS) is 10.8. The van der Waals surface area contributed by atoms with Crippen LogP contribution in [0.15, 0.2) is 55.1 Å². The summed E-state index contributed by atoms with van der Waals surface area (Å²) in [5, 5.41) is 0.936. The highest BCUT2D eigenvalue weighted by Crippen LogP contribution is 2.31. The first-order valence-corrected chi connectivity index (χ1v) is 10.4. The molecule has 0 fully saturated rings. The molecule has 0 spiro atoms. The molecule has 0 aliphatic rings. The number of amides is 1. The van der Waals surface area contributed by atoms with E-state index in [1.165, 1.54) is 11.0 Å². The van der Waals surface area contributed by atoms with Crippen LogP contribution in [0.5, 0.6) is 0 Å². The van der Waals surface area contributed by atoms with Gasteiger partial charge in [0.2, 0.25) is 5.91 Å². The van der Waals surface area contributed by atoms with Crippen LogP contribution in [-0.4, -0.2) is 27.0 Å². The Morgan fingerprint density at radius 1 is 1.19 bits per heavy atom. The van der Waals surface area contributed by atoms with Gasteiger partial charge in [-0.05, 0) is 30.2 Å². The van der Waals surface area contributed by atoms with E-state index in [0.29, 0.717) is 34.4 Å². The van der Waals surface area contributed by atoms with Crippen molar-refractivity contribution in [2.24, 2.45) is 0 Å². The molecule has 0 N–H and O–H groups in total. The van der Waals surface area contributed by atoms with E-state index in [9.17, 15) is 13.6 Å². The fraction of sp³-hybridized carbons (Fsp3) is 0.190. The van der Waals surface area contributed by atoms with E-state index in [4.69, 9.17) is 11.6 Å². The smallest absolute Gasteiger partial charge is 0.233 e. The van der Waals surface area contributed by atoms with Crippen molar-refractivity contribution in [1.82, 2.24) is 14.5 Å². The number of halogens is 4. The number of fused-ring (bicyclic) bond motifs is 1. The maximum Gasteiger partial charge on any atom is 0.233 e. The molecule has 0 radical (unpaired) electrons. The Kier molecular flexibility index (Phi) is 7.59. The third kappa shape index (κ3) is 5.58. The summed E-state index contributed by atoms with van der Waals surface area (Å²) < 4.78 is 30.0. The summed E-state index contributed by atoms with van der Waals surface area (Å²) in [6, 6.07) is 9.05. The van der Waals surface area contributed by atoms with Crippen LogP contribution in [-0.2, 0) is 17.8 Å². The lowest BCUT2D eigenvalue weighted by atomic mass is 10.1. The molecular formula is C21H18Cl2F2N4OS. The van der Waals surface area contributed by atoms with Crippen molar-refractivity contribution in [3.8, 4) is 0 Å². The number of carbonyl (C=O) groups is 1. The fourth-order valence-corrected chi connectivity index (χ4v) is 4.26. The minimum atomic E-state index is -0.740. The van der Waals surface area contributed by atoms with E-state index in [2.05, 4.69) is 9.97 Å². The van der Waals surface area contributed by atoms with Gasteiger partial charge in [-0.25, -0.2) is 18.7 Å². The van der Waals surface area contributed by atoms with Crippen molar-refractivity contribution in [3.63, 3.8) is 0 Å². The van der Waals surface area contributed by atoms with E-state index in [0.717, 1.165) is 23.0 Å². The van der Waals surface area contributed by atoms with Crippen molar-refractivity contribution in [3.05, 3.63) is 77.3 Å². The Labute approximate surface area is 192 Å². The molecular weight excluding hydrogens is 465 g/mol. The summed E-state index contributed by atoms with van der Waals surface area (Å²) in [7, 11) is 0. The molecule has 2 aromatic carbocycles. The summed E-state index contributed by atoms with van der Waals surface area (Å²) in [6.07, 6.45) is 6.03. The zero-order valence-corrected chi connectivity index (χ0v) is 18.6. The molecule has 2 heterocycles. The highest BCUT2D eigenvalue weighted by atomic mass is 35.5. The first-order chi connectivity index (χ1) is 14.5. The van der Waals surface area contributed by atoms with Crippen LogP contribution in [0.2, 0.25) is 5.02 Å². The molecule has 0 atom stereocenters. The summed E-state index contributed by atoms with van der Waals surface area (Å²) in [6.45, 7) is 1.05. The van der Waals surface area contributed by atoms with Crippen LogP contribution in [0.4, 0.5) is 13.9 Å². The molecule has 5 nitrogen and oxygen atoms in total. The second-order valence-corrected chi connectivity index (χ2v) is 8.18. The first kappa shape index (κ1) is 23.1. The number of imidazole rings is 1. The van der Waals surface area contributed by atoms with Crippen molar-refractivity contribution < 1.29 is 13.6 Å². The van der Waals surface area contributed by atoms with Crippen molar-refractivity contribution in [1.29, 1.82) is 0 Å². The SMILES string of the molecule is Cl.O=C(Cc1ccc(Cl)cc1)N(CCCn1ccnc1)c1nc2c(F)cc(F)cc2s1. The lowest BCUT2D eigenvalue weighted by Gasteiger charge is -2.20. The van der Waals surface area contributed by atoms with E-state index >= 15 is 0 Å². The number of rotatable bonds is 7. The molecule has 4 aromatic rings. The Morgan fingerprint density at radius 3 is 2.68 bits per heavy atom. The van der Waals surface area contributed by atoms with Gasteiger partial charge in [-0.15, -0.1) is 12.4 Å². The zero-order valence-electron chi connectivity index (χ0n) is 16.2. The van der Waals surface area contributed by atoms with Gasteiger partial charge in [-0.1, -0.05) is 35.1 Å². The van der Waals surface area contributed by atoms with Crippen LogP contribution in [0.3, 0.4) is 0 Å². The molecule has 0 bridgehead atoms. The van der Waals surface area contributed by atoms with Gasteiger partial charge in [-0.3, -0.25) is 9.69 Å². The highest BCUT2D eigenvalue weighted by Gasteiger charge is 2.21. The molecule has 10 heteroatoms. The maximum atomic E-state index is 14.1. The number of aromatic nitrogens is 3. The number of nitrogens with zero attached hydrogens (tertiary/aromatic N) is 4. The van der Waals surface area contributed by atoms with Gasteiger partial charge >= 0.3 is 0 Å². The quantitative estimate of drug-likeness (QED) is 0.348. The van der Waals surface area contributed by atoms with Crippen molar-refractivity contribution in [2.45, 2.75) is 19.4 Å². The van der Waals surface area contributed by atoms with Gasteiger partial charge < -0.3 is 4.57 Å². The fourth-order valence-electron chi connectivity index (χ4n) is 3.09. The third-order valence-electron chi connectivity index (χ3n) is 4.56. The molecule has 0 unspecified atom stereocenters. The average Bonchev–Trinajstić information content (AvgIpc) is 3.36. The predicted molar refractivity (Wildman–Crippen MR) is 121 cm³/mol. The molecule has 0 aliphatic heterocycles. The first-order valence-electron chi connectivity index (χ1n) is 9.26. The van der Waals surface area contributed by atoms with Crippen LogP contribution in [0.25, 0.3) is 10.2 Å². The van der Waals surface area contributed by atoms with Crippen LogP contribution < -0.4 is 4.90 Å². The van der Waals surface area contributed by atoms with Crippen LogP contribution in [0, 0.1) is 11.6 Å². The monoisotopic (exact) mass is 482 g/mol. The molecule has 1 amide bonds. The molecule has 0 saturated heterocycles. The number of thiazole rings is 1. The predicted octanol–water partition coefficient (Wildman–Crippen LogP) is 5.51. The minimum absolute atomic E-state index is 0. The van der Waals surface area contributed by atoms with Crippen LogP contribution >= 0.6 is 35.3 Å². The molecule has 0 saturated carbocycles. The Hall–Kier alpha value is -2.55. The number of carbonyl (C=O) groups excluding carboxylic acids is 1. The lowest BCUT2D eigenvalue weighted by molar-refractivity contribution is -0.118. The van der Waals surface area contributed by atoms with Gasteiger partial charge in [0.1, 0.15) is 11.3 Å². The van der Waals surface area contributed by atoms with Crippen molar-refractivity contribution in [2.75, 3.05) is 11.4 Å². The minimum Gasteiger partial charge on any atom is -0.337 e. The standard InChI is InChI=1S/C21H17ClF2N4OS.ClH/c22-15-4-2-14(3-5-15)10-19(29)28(8-1-7-27-9-6-25-13-27)21-26-20-17(24)11-16(23)12-18(20)30-21;/h2-6,9,11-13H,1,7-8,10H2;1H. The largest absolute Gasteiger partial charge is 0.337 e.